The van der Waals surface area contributed by atoms with Crippen molar-refractivity contribution in [3.8, 4) is 0 Å². The molecule has 0 spiro atoms. The van der Waals surface area contributed by atoms with Crippen LogP contribution < -0.4 is 16.9 Å². The van der Waals surface area contributed by atoms with Gasteiger partial charge in [0.1, 0.15) is 11.1 Å². The Hall–Kier alpha value is -1.18. The summed E-state index contributed by atoms with van der Waals surface area (Å²) < 4.78 is 0. The second-order valence-electron chi connectivity index (χ2n) is 6.39. The van der Waals surface area contributed by atoms with Crippen molar-refractivity contribution in [1.29, 1.82) is 0 Å². The molecule has 0 aromatic heterocycles. The summed E-state index contributed by atoms with van der Waals surface area (Å²) in [5.41, 5.74) is 11.2. The predicted molar refractivity (Wildman–Crippen MR) is 80.2 cm³/mol. The van der Waals surface area contributed by atoms with Gasteiger partial charge in [0.05, 0.1) is 0 Å². The molecule has 0 aliphatic carbocycles. The number of hydrogen-bond acceptors (Lipinski definition) is 6. The Labute approximate surface area is 126 Å². The van der Waals surface area contributed by atoms with Gasteiger partial charge in [-0.25, -0.2) is 4.79 Å². The quantitative estimate of drug-likeness (QED) is 0.346. The van der Waals surface area contributed by atoms with Crippen molar-refractivity contribution < 1.29 is 19.5 Å². The Kier molecular flexibility index (Phi) is 7.84. The van der Waals surface area contributed by atoms with E-state index in [4.69, 9.17) is 16.3 Å². The first kappa shape index (κ1) is 19.8. The summed E-state index contributed by atoms with van der Waals surface area (Å²) in [4.78, 5) is 28.3. The third-order valence-corrected chi connectivity index (χ3v) is 3.27. The van der Waals surface area contributed by atoms with Gasteiger partial charge in [-0.3, -0.25) is 4.79 Å². The summed E-state index contributed by atoms with van der Waals surface area (Å²) in [6.45, 7) is 7.42. The maximum Gasteiger partial charge on any atom is 0.344 e. The minimum atomic E-state index is -1.35. The van der Waals surface area contributed by atoms with Gasteiger partial charge in [-0.15, -0.1) is 5.48 Å². The highest BCUT2D eigenvalue weighted by molar-refractivity contribution is 5.81. The molecule has 0 aromatic rings. The van der Waals surface area contributed by atoms with Gasteiger partial charge >= 0.3 is 11.9 Å². The molecule has 21 heavy (non-hydrogen) atoms. The monoisotopic (exact) mass is 303 g/mol. The van der Waals surface area contributed by atoms with Crippen LogP contribution in [0, 0.1) is 5.92 Å². The van der Waals surface area contributed by atoms with Gasteiger partial charge in [-0.05, 0) is 52.0 Å². The zero-order valence-corrected chi connectivity index (χ0v) is 13.4. The number of unbranched alkanes of at least 4 members (excludes halogenated alkanes) is 1. The Morgan fingerprint density at radius 3 is 2.29 bits per heavy atom. The molecule has 0 radical (unpaired) electrons. The topological polar surface area (TPSA) is 128 Å². The third kappa shape index (κ3) is 6.88. The molecule has 0 unspecified atom stereocenters. The molecule has 2 atom stereocenters. The number of carbonyl (C=O) groups excluding carboxylic acids is 1. The van der Waals surface area contributed by atoms with Gasteiger partial charge in [-0.2, -0.15) is 0 Å². The average molecular weight is 303 g/mol. The van der Waals surface area contributed by atoms with E-state index in [2.05, 4.69) is 5.48 Å². The third-order valence-electron chi connectivity index (χ3n) is 3.27. The van der Waals surface area contributed by atoms with E-state index in [-0.39, 0.29) is 5.92 Å². The molecule has 7 nitrogen and oxygen atoms in total. The number of hydroxylamine groups is 1. The molecular weight excluding hydrogens is 274 g/mol. The highest BCUT2D eigenvalue weighted by atomic mass is 16.7. The fourth-order valence-electron chi connectivity index (χ4n) is 2.03. The normalized spacial score (nSPS) is 17.1. The van der Waals surface area contributed by atoms with Crippen LogP contribution in [0.5, 0.6) is 0 Å². The molecule has 0 aromatic carbocycles. The molecule has 0 aliphatic rings. The second-order valence-corrected chi connectivity index (χ2v) is 6.39. The van der Waals surface area contributed by atoms with E-state index in [1.165, 1.54) is 6.92 Å². The first-order chi connectivity index (χ1) is 9.55. The molecule has 7 heteroatoms. The lowest BCUT2D eigenvalue weighted by Crippen LogP contribution is -2.55. The molecule has 0 heterocycles. The summed E-state index contributed by atoms with van der Waals surface area (Å²) >= 11 is 0. The first-order valence-corrected chi connectivity index (χ1v) is 7.26. The van der Waals surface area contributed by atoms with Crippen molar-refractivity contribution >= 4 is 11.9 Å². The number of carbonyl (C=O) groups is 2. The lowest BCUT2D eigenvalue weighted by Gasteiger charge is -2.29. The Morgan fingerprint density at radius 1 is 1.29 bits per heavy atom. The van der Waals surface area contributed by atoms with Crippen molar-refractivity contribution in [2.45, 2.75) is 64.5 Å². The molecule has 0 saturated heterocycles. The molecule has 0 bridgehead atoms. The molecule has 6 N–H and O–H groups in total. The lowest BCUT2D eigenvalue weighted by atomic mass is 9.92. The minimum Gasteiger partial charge on any atom is -0.480 e. The Morgan fingerprint density at radius 2 is 1.86 bits per heavy atom. The van der Waals surface area contributed by atoms with Crippen LogP contribution >= 0.6 is 0 Å². The number of nitrogens with two attached hydrogens (primary N) is 2. The van der Waals surface area contributed by atoms with E-state index in [0.29, 0.717) is 32.2 Å². The van der Waals surface area contributed by atoms with Crippen LogP contribution in [-0.4, -0.2) is 34.7 Å². The predicted octanol–water partition coefficient (Wildman–Crippen LogP) is 0.770. The van der Waals surface area contributed by atoms with Gasteiger partial charge in [0.15, 0.2) is 0 Å². The zero-order valence-electron chi connectivity index (χ0n) is 13.4. The van der Waals surface area contributed by atoms with Gasteiger partial charge < -0.3 is 21.4 Å². The van der Waals surface area contributed by atoms with Crippen LogP contribution in [0.3, 0.4) is 0 Å². The molecule has 0 rings (SSSR count). The van der Waals surface area contributed by atoms with Crippen molar-refractivity contribution in [3.05, 3.63) is 0 Å². The summed E-state index contributed by atoms with van der Waals surface area (Å²) in [5, 5.41) is 9.28. The van der Waals surface area contributed by atoms with Crippen molar-refractivity contribution in [2.24, 2.45) is 17.4 Å². The van der Waals surface area contributed by atoms with Gasteiger partial charge in [0, 0.05) is 0 Å². The molecular formula is C14H29N3O4. The van der Waals surface area contributed by atoms with Gasteiger partial charge in [-0.1, -0.05) is 13.8 Å². The average Bonchev–Trinajstić information content (AvgIpc) is 2.34. The van der Waals surface area contributed by atoms with Crippen LogP contribution in [0.2, 0.25) is 0 Å². The molecule has 0 aliphatic heterocycles. The first-order valence-electron chi connectivity index (χ1n) is 7.26. The summed E-state index contributed by atoms with van der Waals surface area (Å²) in [5.74, 6) is -1.53. The molecule has 0 saturated carbocycles. The van der Waals surface area contributed by atoms with Crippen molar-refractivity contribution in [2.75, 3.05) is 6.54 Å². The van der Waals surface area contributed by atoms with Gasteiger partial charge in [0.25, 0.3) is 0 Å². The SMILES string of the molecule is CC(C)C[C@](C)(N)C(=O)ON[C@@](C)(CCCCN)C(=O)O. The van der Waals surface area contributed by atoms with E-state index < -0.39 is 23.0 Å². The fraction of sp³-hybridized carbons (Fsp3) is 0.857. The van der Waals surface area contributed by atoms with Crippen LogP contribution in [0.4, 0.5) is 0 Å². The van der Waals surface area contributed by atoms with Crippen LogP contribution in [0.15, 0.2) is 0 Å². The Bertz CT molecular complexity index is 358. The van der Waals surface area contributed by atoms with Crippen LogP contribution in [-0.2, 0) is 14.4 Å². The summed E-state index contributed by atoms with van der Waals surface area (Å²) in [7, 11) is 0. The maximum absolute atomic E-state index is 12.0. The van der Waals surface area contributed by atoms with E-state index in [1.807, 2.05) is 13.8 Å². The molecule has 124 valence electrons. The molecule has 0 fully saturated rings. The zero-order chi connectivity index (χ0) is 16.7. The van der Waals surface area contributed by atoms with Crippen LogP contribution in [0.1, 0.15) is 53.4 Å². The highest BCUT2D eigenvalue weighted by Crippen LogP contribution is 2.18. The minimum absolute atomic E-state index is 0.225. The van der Waals surface area contributed by atoms with E-state index >= 15 is 0 Å². The van der Waals surface area contributed by atoms with E-state index in [0.717, 1.165) is 0 Å². The number of hydrogen-bond donors (Lipinski definition) is 4. The van der Waals surface area contributed by atoms with Crippen molar-refractivity contribution in [3.63, 3.8) is 0 Å². The van der Waals surface area contributed by atoms with Crippen molar-refractivity contribution in [1.82, 2.24) is 5.48 Å². The summed E-state index contributed by atoms with van der Waals surface area (Å²) in [6.07, 6.45) is 2.08. The smallest absolute Gasteiger partial charge is 0.344 e. The molecule has 0 amide bonds. The number of aliphatic carboxylic acids is 1. The highest BCUT2D eigenvalue weighted by Gasteiger charge is 2.37. The van der Waals surface area contributed by atoms with Crippen LogP contribution in [0.25, 0.3) is 0 Å². The number of nitrogens with one attached hydrogen (secondary N) is 1. The summed E-state index contributed by atoms with van der Waals surface area (Å²) in [6, 6.07) is 0. The second kappa shape index (κ2) is 8.31. The van der Waals surface area contributed by atoms with Gasteiger partial charge in [0.2, 0.25) is 0 Å². The largest absolute Gasteiger partial charge is 0.480 e. The number of rotatable bonds is 10. The maximum atomic E-state index is 12.0. The number of carboxylic acid groups (broad SMARTS) is 1. The van der Waals surface area contributed by atoms with E-state index in [1.54, 1.807) is 6.92 Å². The number of carboxylic acids is 1. The fourth-order valence-corrected chi connectivity index (χ4v) is 2.03. The van der Waals surface area contributed by atoms with E-state index in [9.17, 15) is 14.7 Å². The Balaban J connectivity index is 4.61. The standard InChI is InChI=1S/C14H29N3O4/c1-10(2)9-13(3,16)12(20)21-17-14(4,11(18)19)7-5-6-8-15/h10,17H,5-9,15-16H2,1-4H3,(H,18,19)/t13-,14-/m0/s1. The lowest BCUT2D eigenvalue weighted by molar-refractivity contribution is -0.169.